The van der Waals surface area contributed by atoms with Gasteiger partial charge in [0.1, 0.15) is 0 Å². The van der Waals surface area contributed by atoms with Crippen LogP contribution < -0.4 is 5.32 Å². The van der Waals surface area contributed by atoms with Gasteiger partial charge in [-0.2, -0.15) is 5.10 Å². The largest absolute Gasteiger partial charge is 0.352 e. The number of hydrogen-bond donors (Lipinski definition) is 1. The molecule has 0 aliphatic rings. The first kappa shape index (κ1) is 15.3. The fraction of sp³-hybridized carbons (Fsp3) is 0.111. The Morgan fingerprint density at radius 2 is 1.87 bits per heavy atom. The van der Waals surface area contributed by atoms with Crippen molar-refractivity contribution in [2.75, 3.05) is 6.54 Å². The van der Waals surface area contributed by atoms with Crippen LogP contribution in [0.4, 0.5) is 0 Å². The lowest BCUT2D eigenvalue weighted by Crippen LogP contribution is -2.25. The molecule has 0 atom stereocenters. The molecule has 0 saturated carbocycles. The Balaban J connectivity index is 1.55. The molecule has 0 bridgehead atoms. The molecule has 1 amide bonds. The molecule has 0 aliphatic carbocycles. The molecule has 0 spiro atoms. The van der Waals surface area contributed by atoms with E-state index >= 15 is 0 Å². The summed E-state index contributed by atoms with van der Waals surface area (Å²) >= 11 is 6.01. The maximum Gasteiger partial charge on any atom is 0.252 e. The maximum absolute atomic E-state index is 12.1. The Morgan fingerprint density at radius 1 is 1.09 bits per heavy atom. The van der Waals surface area contributed by atoms with Gasteiger partial charge in [0.2, 0.25) is 0 Å². The predicted octanol–water partition coefficient (Wildman–Crippen LogP) is 3.50. The summed E-state index contributed by atoms with van der Waals surface area (Å²) in [5.74, 6) is -0.149. The Hall–Kier alpha value is -2.59. The molecule has 0 fully saturated rings. The van der Waals surface area contributed by atoms with Crippen LogP contribution in [0.25, 0.3) is 5.69 Å². The number of halogens is 1. The number of aromatic nitrogens is 2. The molecule has 0 aliphatic heterocycles. The zero-order valence-corrected chi connectivity index (χ0v) is 13.2. The van der Waals surface area contributed by atoms with E-state index in [1.807, 2.05) is 41.2 Å². The summed E-state index contributed by atoms with van der Waals surface area (Å²) in [6, 6.07) is 17.0. The second-order valence-electron chi connectivity index (χ2n) is 5.10. The van der Waals surface area contributed by atoms with Crippen molar-refractivity contribution in [1.82, 2.24) is 15.1 Å². The standard InChI is InChI=1S/C18H16ClN3O/c19-17-5-2-1-4-16(17)18(23)20-12-10-14-6-8-15(9-7-14)22-13-3-11-21-22/h1-9,11,13H,10,12H2,(H,20,23). The van der Waals surface area contributed by atoms with E-state index in [9.17, 15) is 4.79 Å². The van der Waals surface area contributed by atoms with E-state index in [0.717, 1.165) is 17.7 Å². The third-order valence-corrected chi connectivity index (χ3v) is 3.85. The van der Waals surface area contributed by atoms with E-state index in [0.29, 0.717) is 17.1 Å². The van der Waals surface area contributed by atoms with Gasteiger partial charge >= 0.3 is 0 Å². The Morgan fingerprint density at radius 3 is 2.57 bits per heavy atom. The van der Waals surface area contributed by atoms with E-state index in [4.69, 9.17) is 11.6 Å². The molecule has 0 saturated heterocycles. The van der Waals surface area contributed by atoms with E-state index in [-0.39, 0.29) is 5.91 Å². The van der Waals surface area contributed by atoms with Crippen molar-refractivity contribution in [3.05, 3.63) is 83.1 Å². The van der Waals surface area contributed by atoms with Gasteiger partial charge in [-0.3, -0.25) is 4.79 Å². The van der Waals surface area contributed by atoms with Crippen LogP contribution in [-0.2, 0) is 6.42 Å². The minimum Gasteiger partial charge on any atom is -0.352 e. The number of amides is 1. The van der Waals surface area contributed by atoms with Crippen LogP contribution in [0.5, 0.6) is 0 Å². The molecular weight excluding hydrogens is 310 g/mol. The Bertz CT molecular complexity index is 782. The molecule has 4 nitrogen and oxygen atoms in total. The third-order valence-electron chi connectivity index (χ3n) is 3.52. The molecular formula is C18H16ClN3O. The lowest BCUT2D eigenvalue weighted by Gasteiger charge is -2.07. The molecule has 3 aromatic rings. The van der Waals surface area contributed by atoms with Gasteiger partial charge in [0, 0.05) is 18.9 Å². The molecule has 1 heterocycles. The SMILES string of the molecule is O=C(NCCc1ccc(-n2cccn2)cc1)c1ccccc1Cl. The van der Waals surface area contributed by atoms with Gasteiger partial charge in [0.05, 0.1) is 16.3 Å². The highest BCUT2D eigenvalue weighted by Gasteiger charge is 2.08. The van der Waals surface area contributed by atoms with Crippen LogP contribution in [0.15, 0.2) is 67.0 Å². The first-order valence-corrected chi connectivity index (χ1v) is 7.73. The number of carbonyl (C=O) groups is 1. The average molecular weight is 326 g/mol. The molecule has 1 N–H and O–H groups in total. The topological polar surface area (TPSA) is 46.9 Å². The molecule has 3 rings (SSSR count). The highest BCUT2D eigenvalue weighted by atomic mass is 35.5. The van der Waals surface area contributed by atoms with Crippen LogP contribution in [0.1, 0.15) is 15.9 Å². The lowest BCUT2D eigenvalue weighted by atomic mass is 10.1. The van der Waals surface area contributed by atoms with Crippen LogP contribution in [-0.4, -0.2) is 22.2 Å². The van der Waals surface area contributed by atoms with Crippen molar-refractivity contribution >= 4 is 17.5 Å². The number of hydrogen-bond acceptors (Lipinski definition) is 2. The number of rotatable bonds is 5. The summed E-state index contributed by atoms with van der Waals surface area (Å²) in [6.07, 6.45) is 4.41. The van der Waals surface area contributed by atoms with Crippen molar-refractivity contribution in [1.29, 1.82) is 0 Å². The molecule has 23 heavy (non-hydrogen) atoms. The van der Waals surface area contributed by atoms with Gasteiger partial charge in [-0.15, -0.1) is 0 Å². The number of nitrogens with zero attached hydrogens (tertiary/aromatic N) is 2. The van der Waals surface area contributed by atoms with Gasteiger partial charge in [-0.05, 0) is 42.3 Å². The highest BCUT2D eigenvalue weighted by Crippen LogP contribution is 2.14. The number of benzene rings is 2. The van der Waals surface area contributed by atoms with Crippen molar-refractivity contribution < 1.29 is 4.79 Å². The summed E-state index contributed by atoms with van der Waals surface area (Å²) in [5.41, 5.74) is 2.67. The minimum absolute atomic E-state index is 0.149. The van der Waals surface area contributed by atoms with Crippen molar-refractivity contribution in [2.24, 2.45) is 0 Å². The monoisotopic (exact) mass is 325 g/mol. The molecule has 1 aromatic heterocycles. The zero-order valence-electron chi connectivity index (χ0n) is 12.4. The summed E-state index contributed by atoms with van der Waals surface area (Å²) in [6.45, 7) is 0.561. The third kappa shape index (κ3) is 3.79. The molecule has 5 heteroatoms. The fourth-order valence-corrected chi connectivity index (χ4v) is 2.52. The second kappa shape index (κ2) is 7.11. The second-order valence-corrected chi connectivity index (χ2v) is 5.51. The summed E-state index contributed by atoms with van der Waals surface area (Å²) in [4.78, 5) is 12.1. The summed E-state index contributed by atoms with van der Waals surface area (Å²) < 4.78 is 1.81. The Kier molecular flexibility index (Phi) is 4.74. The van der Waals surface area contributed by atoms with Gasteiger partial charge in [0.15, 0.2) is 0 Å². The first-order valence-electron chi connectivity index (χ1n) is 7.36. The lowest BCUT2D eigenvalue weighted by molar-refractivity contribution is 0.0954. The predicted molar refractivity (Wildman–Crippen MR) is 91.1 cm³/mol. The van der Waals surface area contributed by atoms with E-state index in [1.165, 1.54) is 0 Å². The smallest absolute Gasteiger partial charge is 0.252 e. The van der Waals surface area contributed by atoms with Crippen molar-refractivity contribution in [3.63, 3.8) is 0 Å². The average Bonchev–Trinajstić information content (AvgIpc) is 3.10. The van der Waals surface area contributed by atoms with Crippen molar-refractivity contribution in [2.45, 2.75) is 6.42 Å². The van der Waals surface area contributed by atoms with E-state index < -0.39 is 0 Å². The van der Waals surface area contributed by atoms with Crippen LogP contribution in [0.2, 0.25) is 5.02 Å². The molecule has 0 unspecified atom stereocenters. The zero-order chi connectivity index (χ0) is 16.1. The van der Waals surface area contributed by atoms with Gasteiger partial charge < -0.3 is 5.32 Å². The van der Waals surface area contributed by atoms with Gasteiger partial charge in [-0.1, -0.05) is 35.9 Å². The highest BCUT2D eigenvalue weighted by molar-refractivity contribution is 6.33. The van der Waals surface area contributed by atoms with E-state index in [1.54, 1.807) is 30.5 Å². The summed E-state index contributed by atoms with van der Waals surface area (Å²) in [5, 5.41) is 7.55. The Labute approximate surface area is 139 Å². The minimum atomic E-state index is -0.149. The van der Waals surface area contributed by atoms with E-state index in [2.05, 4.69) is 10.4 Å². The van der Waals surface area contributed by atoms with Crippen LogP contribution in [0.3, 0.4) is 0 Å². The van der Waals surface area contributed by atoms with Gasteiger partial charge in [0.25, 0.3) is 5.91 Å². The quantitative estimate of drug-likeness (QED) is 0.780. The molecule has 0 radical (unpaired) electrons. The number of nitrogens with one attached hydrogen (secondary N) is 1. The normalized spacial score (nSPS) is 10.5. The number of carbonyl (C=O) groups excluding carboxylic acids is 1. The molecule has 2 aromatic carbocycles. The first-order chi connectivity index (χ1) is 11.2. The summed E-state index contributed by atoms with van der Waals surface area (Å²) in [7, 11) is 0. The fourth-order valence-electron chi connectivity index (χ4n) is 2.30. The van der Waals surface area contributed by atoms with Crippen LogP contribution in [0, 0.1) is 0 Å². The molecule has 116 valence electrons. The maximum atomic E-state index is 12.1. The van der Waals surface area contributed by atoms with Crippen molar-refractivity contribution in [3.8, 4) is 5.69 Å². The van der Waals surface area contributed by atoms with Gasteiger partial charge in [-0.25, -0.2) is 4.68 Å². The van der Waals surface area contributed by atoms with Crippen LogP contribution >= 0.6 is 11.6 Å².